The Bertz CT molecular complexity index is 408. The second kappa shape index (κ2) is 4.63. The minimum absolute atomic E-state index is 0. The monoisotopic (exact) mass is 232 g/mol. The Morgan fingerprint density at radius 3 is 2.31 bits per heavy atom. The molecule has 0 saturated carbocycles. The van der Waals surface area contributed by atoms with Gasteiger partial charge in [-0.1, -0.05) is 11.6 Å². The number of rotatable bonds is 1. The first-order chi connectivity index (χ1) is 5.41. The van der Waals surface area contributed by atoms with Crippen molar-refractivity contribution in [1.82, 2.24) is 0 Å². The summed E-state index contributed by atoms with van der Waals surface area (Å²) >= 11 is 5.39. The minimum Gasteiger partial charge on any atom is -1.00 e. The number of halogens is 1. The van der Waals surface area contributed by atoms with Crippen LogP contribution in [0.1, 0.15) is 1.43 Å². The molecule has 4 nitrogen and oxygen atoms in total. The fraction of sp³-hybridized carbons (Fsp3) is 0. The molecule has 1 aromatic carbocycles. The summed E-state index contributed by atoms with van der Waals surface area (Å²) < 4.78 is 29.6. The zero-order valence-electron chi connectivity index (χ0n) is 7.73. The molecule has 0 aliphatic rings. The number of phenols is 1. The number of benzene rings is 1. The second-order valence-electron chi connectivity index (χ2n) is 2.09. The van der Waals surface area contributed by atoms with Crippen LogP contribution < -0.4 is 29.6 Å². The van der Waals surface area contributed by atoms with E-state index >= 15 is 0 Å². The topological polar surface area (TPSA) is 74.6 Å². The van der Waals surface area contributed by atoms with Gasteiger partial charge in [-0.2, -0.15) is 8.42 Å². The standard InChI is InChI=1S/C6H5ClO4S.Na.H/c7-5-3-4(12(9,10)11)1-2-6(5)8;;/h1-3,8H,(H,9,10,11);;/q;+1;-1. The molecular formula is C6H6ClNaO4S. The number of hydrogen-bond donors (Lipinski definition) is 2. The average molecular weight is 233 g/mol. The number of hydrogen-bond acceptors (Lipinski definition) is 3. The normalized spacial score (nSPS) is 10.6. The molecule has 0 spiro atoms. The van der Waals surface area contributed by atoms with E-state index in [1.54, 1.807) is 0 Å². The van der Waals surface area contributed by atoms with Gasteiger partial charge in [0, 0.05) is 0 Å². The van der Waals surface area contributed by atoms with E-state index in [1.165, 1.54) is 0 Å². The molecule has 1 aromatic rings. The SMILES string of the molecule is O=S(=O)(O)c1ccc(O)c(Cl)c1.[H-].[Na+]. The van der Waals surface area contributed by atoms with Crippen molar-refractivity contribution in [1.29, 1.82) is 0 Å². The van der Waals surface area contributed by atoms with Crippen molar-refractivity contribution in [2.45, 2.75) is 4.90 Å². The largest absolute Gasteiger partial charge is 1.00 e. The molecule has 0 heterocycles. The molecule has 0 aromatic heterocycles. The number of phenolic OH excluding ortho intramolecular Hbond substituents is 1. The predicted molar refractivity (Wildman–Crippen MR) is 44.0 cm³/mol. The van der Waals surface area contributed by atoms with Gasteiger partial charge in [-0.25, -0.2) is 0 Å². The predicted octanol–water partition coefficient (Wildman–Crippen LogP) is -1.59. The summed E-state index contributed by atoms with van der Waals surface area (Å²) in [5.74, 6) is -0.232. The first-order valence-corrected chi connectivity index (χ1v) is 4.69. The van der Waals surface area contributed by atoms with Crippen molar-refractivity contribution in [2.24, 2.45) is 0 Å². The van der Waals surface area contributed by atoms with Crippen LogP contribution in [0.5, 0.6) is 5.75 Å². The van der Waals surface area contributed by atoms with Crippen LogP contribution in [0.15, 0.2) is 23.1 Å². The third kappa shape index (κ3) is 3.46. The smallest absolute Gasteiger partial charge is 1.00 e. The zero-order valence-corrected chi connectivity index (χ0v) is 10.3. The van der Waals surface area contributed by atoms with Crippen molar-refractivity contribution in [3.8, 4) is 5.75 Å². The molecule has 0 bridgehead atoms. The molecule has 0 atom stereocenters. The average Bonchev–Trinajstić information content (AvgIpc) is 1.92. The van der Waals surface area contributed by atoms with Gasteiger partial charge in [0.1, 0.15) is 5.75 Å². The Kier molecular flexibility index (Phi) is 4.71. The van der Waals surface area contributed by atoms with Crippen LogP contribution >= 0.6 is 11.6 Å². The van der Waals surface area contributed by atoms with E-state index in [0.29, 0.717) is 0 Å². The maximum absolute atomic E-state index is 10.5. The second-order valence-corrected chi connectivity index (χ2v) is 3.92. The van der Waals surface area contributed by atoms with Crippen LogP contribution in [0, 0.1) is 0 Å². The Labute approximate surface area is 104 Å². The molecule has 0 amide bonds. The minimum atomic E-state index is -4.24. The molecule has 0 fully saturated rings. The van der Waals surface area contributed by atoms with Crippen LogP contribution in [-0.4, -0.2) is 18.1 Å². The van der Waals surface area contributed by atoms with Crippen molar-refractivity contribution < 1.29 is 49.1 Å². The third-order valence-corrected chi connectivity index (χ3v) is 2.37. The third-order valence-electron chi connectivity index (χ3n) is 1.22. The van der Waals surface area contributed by atoms with Crippen LogP contribution in [-0.2, 0) is 10.1 Å². The maximum Gasteiger partial charge on any atom is 1.00 e. The van der Waals surface area contributed by atoms with Crippen molar-refractivity contribution in [2.75, 3.05) is 0 Å². The van der Waals surface area contributed by atoms with E-state index in [1.807, 2.05) is 0 Å². The zero-order chi connectivity index (χ0) is 9.35. The van der Waals surface area contributed by atoms with Crippen LogP contribution in [0.3, 0.4) is 0 Å². The molecular weight excluding hydrogens is 227 g/mol. The van der Waals surface area contributed by atoms with E-state index in [2.05, 4.69) is 0 Å². The summed E-state index contributed by atoms with van der Waals surface area (Å²) in [5.41, 5.74) is 0. The van der Waals surface area contributed by atoms with Crippen LogP contribution in [0.2, 0.25) is 5.02 Å². The van der Waals surface area contributed by atoms with Crippen LogP contribution in [0.4, 0.5) is 0 Å². The van der Waals surface area contributed by atoms with Gasteiger partial charge >= 0.3 is 29.6 Å². The van der Waals surface area contributed by atoms with E-state index in [0.717, 1.165) is 18.2 Å². The van der Waals surface area contributed by atoms with Gasteiger partial charge in [0.25, 0.3) is 10.1 Å². The summed E-state index contributed by atoms with van der Waals surface area (Å²) in [6.07, 6.45) is 0. The molecule has 0 radical (unpaired) electrons. The van der Waals surface area contributed by atoms with Crippen LogP contribution in [0.25, 0.3) is 0 Å². The van der Waals surface area contributed by atoms with Gasteiger partial charge in [0.2, 0.25) is 0 Å². The Hall–Kier alpha value is 0.220. The summed E-state index contributed by atoms with van der Waals surface area (Å²) in [6.45, 7) is 0. The van der Waals surface area contributed by atoms with Gasteiger partial charge < -0.3 is 6.53 Å². The molecule has 1 rings (SSSR count). The van der Waals surface area contributed by atoms with Gasteiger partial charge in [-0.05, 0) is 18.2 Å². The van der Waals surface area contributed by atoms with Crippen molar-refractivity contribution in [3.63, 3.8) is 0 Å². The molecule has 7 heteroatoms. The first kappa shape index (κ1) is 13.2. The maximum atomic E-state index is 10.5. The van der Waals surface area contributed by atoms with Gasteiger partial charge in [0.15, 0.2) is 0 Å². The van der Waals surface area contributed by atoms with E-state index < -0.39 is 10.1 Å². The summed E-state index contributed by atoms with van der Waals surface area (Å²) in [5, 5.41) is 8.78. The molecule has 68 valence electrons. The molecule has 2 N–H and O–H groups in total. The Morgan fingerprint density at radius 2 is 1.92 bits per heavy atom. The van der Waals surface area contributed by atoms with E-state index in [4.69, 9.17) is 21.3 Å². The van der Waals surface area contributed by atoms with Gasteiger partial charge in [-0.3, -0.25) is 4.55 Å². The summed E-state index contributed by atoms with van der Waals surface area (Å²) in [6, 6.07) is 3.11. The van der Waals surface area contributed by atoms with Crippen molar-refractivity contribution in [3.05, 3.63) is 23.2 Å². The van der Waals surface area contributed by atoms with E-state index in [-0.39, 0.29) is 46.7 Å². The van der Waals surface area contributed by atoms with E-state index in [9.17, 15) is 8.42 Å². The molecule has 13 heavy (non-hydrogen) atoms. The Balaban J connectivity index is 0. The first-order valence-electron chi connectivity index (χ1n) is 2.87. The molecule has 0 aliphatic carbocycles. The van der Waals surface area contributed by atoms with Gasteiger partial charge in [-0.15, -0.1) is 0 Å². The number of aromatic hydroxyl groups is 1. The molecule has 0 unspecified atom stereocenters. The summed E-state index contributed by atoms with van der Waals surface area (Å²) in [4.78, 5) is -0.342. The van der Waals surface area contributed by atoms with Crippen molar-refractivity contribution >= 4 is 21.7 Å². The Morgan fingerprint density at radius 1 is 1.38 bits per heavy atom. The molecule has 0 saturated heterocycles. The van der Waals surface area contributed by atoms with Gasteiger partial charge in [0.05, 0.1) is 9.92 Å². The summed E-state index contributed by atoms with van der Waals surface area (Å²) in [7, 11) is -4.24. The fourth-order valence-corrected chi connectivity index (χ4v) is 1.40. The molecule has 0 aliphatic heterocycles. The fourth-order valence-electron chi connectivity index (χ4n) is 0.648. The quantitative estimate of drug-likeness (QED) is 0.452.